The zero-order chi connectivity index (χ0) is 14.6. The number of carbonyl (C=O) groups is 2. The van der Waals surface area contributed by atoms with Gasteiger partial charge in [0.05, 0.1) is 5.41 Å². The largest absolute Gasteiger partial charge is 0.481 e. The number of amides is 1. The zero-order valence-electron chi connectivity index (χ0n) is 11.4. The molecular weight excluding hydrogens is 256 g/mol. The van der Waals surface area contributed by atoms with Crippen LogP contribution in [0.2, 0.25) is 0 Å². The summed E-state index contributed by atoms with van der Waals surface area (Å²) in [6.07, 6.45) is 3.22. The molecule has 0 aliphatic heterocycles. The van der Waals surface area contributed by atoms with E-state index in [2.05, 4.69) is 5.32 Å². The number of carboxylic acid groups (broad SMARTS) is 1. The molecule has 0 saturated heterocycles. The molecule has 20 heavy (non-hydrogen) atoms. The Morgan fingerprint density at radius 2 is 1.90 bits per heavy atom. The molecule has 1 aromatic rings. The van der Waals surface area contributed by atoms with Crippen LogP contribution in [0.5, 0.6) is 0 Å². The van der Waals surface area contributed by atoms with Crippen LogP contribution in [0, 0.1) is 5.41 Å². The predicted molar refractivity (Wildman–Crippen MR) is 76.1 cm³/mol. The summed E-state index contributed by atoms with van der Waals surface area (Å²) < 4.78 is 0. The number of carbonyl (C=O) groups excluding carboxylic acids is 1. The van der Waals surface area contributed by atoms with Crippen LogP contribution < -0.4 is 11.1 Å². The minimum absolute atomic E-state index is 0.102. The van der Waals surface area contributed by atoms with Crippen LogP contribution in [0.15, 0.2) is 24.3 Å². The number of hydrogen-bond acceptors (Lipinski definition) is 3. The molecule has 1 saturated carbocycles. The van der Waals surface area contributed by atoms with Crippen LogP contribution in [0.3, 0.4) is 0 Å². The maximum Gasteiger partial charge on any atom is 0.311 e. The van der Waals surface area contributed by atoms with Gasteiger partial charge in [-0.2, -0.15) is 0 Å². The van der Waals surface area contributed by atoms with E-state index in [-0.39, 0.29) is 12.5 Å². The molecule has 0 atom stereocenters. The molecule has 5 nitrogen and oxygen atoms in total. The van der Waals surface area contributed by atoms with Crippen LogP contribution in [-0.2, 0) is 16.0 Å². The lowest BCUT2D eigenvalue weighted by atomic mass is 9.69. The van der Waals surface area contributed by atoms with Crippen LogP contribution in [0.4, 0.5) is 5.69 Å². The van der Waals surface area contributed by atoms with Crippen molar-refractivity contribution in [2.24, 2.45) is 5.41 Å². The van der Waals surface area contributed by atoms with E-state index >= 15 is 0 Å². The van der Waals surface area contributed by atoms with Crippen LogP contribution in [0.1, 0.15) is 31.2 Å². The highest BCUT2D eigenvalue weighted by Crippen LogP contribution is 2.40. The topological polar surface area (TPSA) is 92.4 Å². The van der Waals surface area contributed by atoms with Crippen molar-refractivity contribution in [3.63, 3.8) is 0 Å². The Labute approximate surface area is 118 Å². The van der Waals surface area contributed by atoms with Gasteiger partial charge in [-0.15, -0.1) is 0 Å². The molecule has 0 heterocycles. The molecule has 0 spiro atoms. The van der Waals surface area contributed by atoms with E-state index in [1.54, 1.807) is 12.1 Å². The van der Waals surface area contributed by atoms with Gasteiger partial charge in [0.2, 0.25) is 5.91 Å². The predicted octanol–water partition coefficient (Wildman–Crippen LogP) is 1.57. The average Bonchev–Trinajstić information content (AvgIpc) is 2.36. The second-order valence-corrected chi connectivity index (χ2v) is 5.46. The van der Waals surface area contributed by atoms with Crippen molar-refractivity contribution in [2.45, 2.75) is 32.1 Å². The number of nitrogen functional groups attached to an aromatic ring is 1. The summed E-state index contributed by atoms with van der Waals surface area (Å²) in [5.41, 5.74) is 6.62. The fraction of sp³-hybridized carbons (Fsp3) is 0.467. The summed E-state index contributed by atoms with van der Waals surface area (Å²) in [6.45, 7) is 0.239. The molecular formula is C15H20N2O3. The molecule has 1 aliphatic carbocycles. The van der Waals surface area contributed by atoms with Crippen LogP contribution in [0.25, 0.3) is 0 Å². The quantitative estimate of drug-likeness (QED) is 0.688. The van der Waals surface area contributed by atoms with Gasteiger partial charge in [-0.1, -0.05) is 18.6 Å². The van der Waals surface area contributed by atoms with E-state index in [1.165, 1.54) is 0 Å². The first-order valence-electron chi connectivity index (χ1n) is 6.86. The third-order valence-corrected chi connectivity index (χ3v) is 4.01. The van der Waals surface area contributed by atoms with E-state index in [9.17, 15) is 9.59 Å². The minimum atomic E-state index is -0.803. The van der Waals surface area contributed by atoms with Crippen molar-refractivity contribution in [3.05, 3.63) is 29.8 Å². The third-order valence-electron chi connectivity index (χ3n) is 4.01. The van der Waals surface area contributed by atoms with E-state index in [1.807, 2.05) is 12.1 Å². The van der Waals surface area contributed by atoms with E-state index in [0.29, 0.717) is 31.4 Å². The van der Waals surface area contributed by atoms with Crippen molar-refractivity contribution in [1.29, 1.82) is 0 Å². The molecule has 1 aromatic carbocycles. The van der Waals surface area contributed by atoms with Gasteiger partial charge in [0.25, 0.3) is 0 Å². The van der Waals surface area contributed by atoms with Gasteiger partial charge in [0.15, 0.2) is 0 Å². The van der Waals surface area contributed by atoms with Crippen LogP contribution >= 0.6 is 0 Å². The van der Waals surface area contributed by atoms with Crippen molar-refractivity contribution in [1.82, 2.24) is 5.32 Å². The Kier molecular flexibility index (Phi) is 4.27. The number of nitrogens with one attached hydrogen (secondary N) is 1. The Morgan fingerprint density at radius 3 is 2.40 bits per heavy atom. The second kappa shape index (κ2) is 5.94. The number of rotatable bonds is 6. The SMILES string of the molecule is Nc1ccc(CCC(=O)NCC2(C(=O)O)CCC2)cc1. The lowest BCUT2D eigenvalue weighted by molar-refractivity contribution is -0.154. The third kappa shape index (κ3) is 3.29. The first-order valence-corrected chi connectivity index (χ1v) is 6.86. The van der Waals surface area contributed by atoms with Gasteiger partial charge in [-0.05, 0) is 37.0 Å². The lowest BCUT2D eigenvalue weighted by Crippen LogP contribution is -2.47. The fourth-order valence-electron chi connectivity index (χ4n) is 2.37. The average molecular weight is 276 g/mol. The standard InChI is InChI=1S/C15H20N2O3/c16-12-5-2-11(3-6-12)4-7-13(18)17-10-15(14(19)20)8-1-9-15/h2-3,5-6H,1,4,7-10,16H2,(H,17,18)(H,19,20). The molecule has 1 fully saturated rings. The smallest absolute Gasteiger partial charge is 0.311 e. The maximum atomic E-state index is 11.8. The Bertz CT molecular complexity index is 492. The molecule has 1 aliphatic rings. The van der Waals surface area contributed by atoms with E-state index in [0.717, 1.165) is 12.0 Å². The molecule has 0 aromatic heterocycles. The Hall–Kier alpha value is -2.04. The number of carboxylic acids is 1. The summed E-state index contributed by atoms with van der Waals surface area (Å²) in [4.78, 5) is 22.9. The van der Waals surface area contributed by atoms with Gasteiger partial charge >= 0.3 is 5.97 Å². The molecule has 0 radical (unpaired) electrons. The molecule has 0 unspecified atom stereocenters. The van der Waals surface area contributed by atoms with E-state index in [4.69, 9.17) is 10.8 Å². The van der Waals surface area contributed by atoms with Gasteiger partial charge < -0.3 is 16.2 Å². The van der Waals surface area contributed by atoms with Gasteiger partial charge in [-0.3, -0.25) is 9.59 Å². The summed E-state index contributed by atoms with van der Waals surface area (Å²) in [5, 5.41) is 11.9. The summed E-state index contributed by atoms with van der Waals surface area (Å²) in [7, 11) is 0. The maximum absolute atomic E-state index is 11.8. The zero-order valence-corrected chi connectivity index (χ0v) is 11.4. The molecule has 0 bridgehead atoms. The summed E-state index contributed by atoms with van der Waals surface area (Å²) >= 11 is 0. The number of nitrogens with two attached hydrogens (primary N) is 1. The van der Waals surface area contributed by atoms with Crippen molar-refractivity contribution < 1.29 is 14.7 Å². The molecule has 4 N–H and O–H groups in total. The van der Waals surface area contributed by atoms with Gasteiger partial charge in [0.1, 0.15) is 0 Å². The number of hydrogen-bond donors (Lipinski definition) is 3. The highest BCUT2D eigenvalue weighted by Gasteiger charge is 2.44. The Balaban J connectivity index is 1.75. The monoisotopic (exact) mass is 276 g/mol. The van der Waals surface area contributed by atoms with Crippen molar-refractivity contribution >= 4 is 17.6 Å². The van der Waals surface area contributed by atoms with Gasteiger partial charge in [0, 0.05) is 18.7 Å². The van der Waals surface area contributed by atoms with Crippen molar-refractivity contribution in [2.75, 3.05) is 12.3 Å². The fourth-order valence-corrected chi connectivity index (χ4v) is 2.37. The van der Waals surface area contributed by atoms with Crippen LogP contribution in [-0.4, -0.2) is 23.5 Å². The number of anilines is 1. The first-order chi connectivity index (χ1) is 9.52. The highest BCUT2D eigenvalue weighted by atomic mass is 16.4. The first kappa shape index (κ1) is 14.4. The van der Waals surface area contributed by atoms with E-state index < -0.39 is 11.4 Å². The second-order valence-electron chi connectivity index (χ2n) is 5.46. The Morgan fingerprint density at radius 1 is 1.25 bits per heavy atom. The minimum Gasteiger partial charge on any atom is -0.481 e. The number of aliphatic carboxylic acids is 1. The number of benzene rings is 1. The van der Waals surface area contributed by atoms with Gasteiger partial charge in [-0.25, -0.2) is 0 Å². The lowest BCUT2D eigenvalue weighted by Gasteiger charge is -2.37. The molecule has 5 heteroatoms. The summed E-state index contributed by atoms with van der Waals surface area (Å²) in [6, 6.07) is 7.41. The normalized spacial score (nSPS) is 16.2. The highest BCUT2D eigenvalue weighted by molar-refractivity contribution is 5.79. The molecule has 1 amide bonds. The molecule has 2 rings (SSSR count). The van der Waals surface area contributed by atoms with Crippen molar-refractivity contribution in [3.8, 4) is 0 Å². The number of aryl methyl sites for hydroxylation is 1. The summed E-state index contributed by atoms with van der Waals surface area (Å²) in [5.74, 6) is -0.906. The molecule has 108 valence electrons.